The summed E-state index contributed by atoms with van der Waals surface area (Å²) >= 11 is 1.77. The van der Waals surface area contributed by atoms with Gasteiger partial charge in [0.15, 0.2) is 0 Å². The average molecular weight is 300 g/mol. The highest BCUT2D eigenvalue weighted by Crippen LogP contribution is 2.33. The molecule has 0 saturated carbocycles. The maximum Gasteiger partial charge on any atom is 0.227 e. The summed E-state index contributed by atoms with van der Waals surface area (Å²) in [5.74, 6) is 0.184. The van der Waals surface area contributed by atoms with Crippen molar-refractivity contribution < 1.29 is 4.79 Å². The van der Waals surface area contributed by atoms with Crippen LogP contribution in [0.2, 0.25) is 0 Å². The third kappa shape index (κ3) is 2.49. The van der Waals surface area contributed by atoms with Crippen molar-refractivity contribution in [1.29, 1.82) is 0 Å². The molecule has 0 saturated heterocycles. The Morgan fingerprint density at radius 3 is 2.67 bits per heavy atom. The smallest absolute Gasteiger partial charge is 0.227 e. The van der Waals surface area contributed by atoms with Gasteiger partial charge in [-0.1, -0.05) is 12.1 Å². The van der Waals surface area contributed by atoms with Gasteiger partial charge in [-0.15, -0.1) is 11.3 Å². The number of hydrogen-bond acceptors (Lipinski definition) is 3. The number of nitrogens with zero attached hydrogens (tertiary/aromatic N) is 1. The summed E-state index contributed by atoms with van der Waals surface area (Å²) in [5.41, 5.74) is 11.1. The van der Waals surface area contributed by atoms with Crippen molar-refractivity contribution in [2.24, 2.45) is 5.73 Å². The number of rotatable bonds is 2. The van der Waals surface area contributed by atoms with Crippen molar-refractivity contribution in [3.05, 3.63) is 50.7 Å². The number of carbonyl (C=O) groups excluding carboxylic acids is 1. The summed E-state index contributed by atoms with van der Waals surface area (Å²) in [5, 5.41) is 0. The van der Waals surface area contributed by atoms with E-state index in [0.717, 1.165) is 17.7 Å². The molecule has 2 aromatic rings. The SMILES string of the molecule is Cc1cc(C(N)c2ccc3c(c2)CCC(=O)N3C)sc1C. The lowest BCUT2D eigenvalue weighted by atomic mass is 9.96. The number of hydrogen-bond donors (Lipinski definition) is 1. The molecule has 1 aromatic carbocycles. The van der Waals surface area contributed by atoms with Gasteiger partial charge >= 0.3 is 0 Å². The number of nitrogens with two attached hydrogens (primary N) is 1. The van der Waals surface area contributed by atoms with Crippen molar-refractivity contribution in [2.45, 2.75) is 32.7 Å². The van der Waals surface area contributed by atoms with Crippen LogP contribution in [0.5, 0.6) is 0 Å². The minimum Gasteiger partial charge on any atom is -0.320 e. The minimum absolute atomic E-state index is 0.0874. The van der Waals surface area contributed by atoms with E-state index in [9.17, 15) is 4.79 Å². The summed E-state index contributed by atoms with van der Waals surface area (Å²) < 4.78 is 0. The van der Waals surface area contributed by atoms with Gasteiger partial charge in [0.05, 0.1) is 6.04 Å². The molecule has 1 unspecified atom stereocenters. The Morgan fingerprint density at radius 2 is 2.00 bits per heavy atom. The second-order valence-corrected chi connectivity index (χ2v) is 6.99. The summed E-state index contributed by atoms with van der Waals surface area (Å²) in [4.78, 5) is 16.0. The van der Waals surface area contributed by atoms with Crippen LogP contribution in [-0.4, -0.2) is 13.0 Å². The van der Waals surface area contributed by atoms with Crippen molar-refractivity contribution in [3.8, 4) is 0 Å². The largest absolute Gasteiger partial charge is 0.320 e. The van der Waals surface area contributed by atoms with Crippen molar-refractivity contribution >= 4 is 22.9 Å². The van der Waals surface area contributed by atoms with Gasteiger partial charge in [0.1, 0.15) is 0 Å². The first-order chi connectivity index (χ1) is 9.97. The molecule has 1 aliphatic rings. The maximum atomic E-state index is 11.7. The normalized spacial score (nSPS) is 16.0. The summed E-state index contributed by atoms with van der Waals surface area (Å²) in [6.45, 7) is 4.25. The molecule has 2 heterocycles. The Balaban J connectivity index is 1.95. The lowest BCUT2D eigenvalue weighted by molar-refractivity contribution is -0.118. The van der Waals surface area contributed by atoms with E-state index in [1.165, 1.54) is 20.9 Å². The highest BCUT2D eigenvalue weighted by atomic mass is 32.1. The third-order valence-corrected chi connectivity index (χ3v) is 5.53. The van der Waals surface area contributed by atoms with Gasteiger partial charge in [-0.2, -0.15) is 0 Å². The van der Waals surface area contributed by atoms with Crippen molar-refractivity contribution in [3.63, 3.8) is 0 Å². The summed E-state index contributed by atoms with van der Waals surface area (Å²) in [6.07, 6.45) is 1.39. The predicted octanol–water partition coefficient (Wildman–Crippen LogP) is 3.32. The lowest BCUT2D eigenvalue weighted by Crippen LogP contribution is -2.31. The molecule has 3 nitrogen and oxygen atoms in total. The maximum absolute atomic E-state index is 11.7. The molecule has 0 fully saturated rings. The second-order valence-electron chi connectivity index (χ2n) is 5.71. The van der Waals surface area contributed by atoms with Crippen LogP contribution in [0.4, 0.5) is 5.69 Å². The molecule has 1 aromatic heterocycles. The molecule has 1 atom stereocenters. The number of anilines is 1. The Labute approximate surface area is 129 Å². The fraction of sp³-hybridized carbons (Fsp3) is 0.353. The van der Waals surface area contributed by atoms with E-state index in [2.05, 4.69) is 26.0 Å². The molecule has 4 heteroatoms. The topological polar surface area (TPSA) is 46.3 Å². The third-order valence-electron chi connectivity index (χ3n) is 4.30. The van der Waals surface area contributed by atoms with Crippen LogP contribution < -0.4 is 10.6 Å². The van der Waals surface area contributed by atoms with E-state index in [4.69, 9.17) is 5.73 Å². The monoisotopic (exact) mass is 300 g/mol. The van der Waals surface area contributed by atoms with Gasteiger partial charge in [-0.3, -0.25) is 4.79 Å². The van der Waals surface area contributed by atoms with Gasteiger partial charge in [-0.25, -0.2) is 0 Å². The van der Waals surface area contributed by atoms with E-state index in [1.54, 1.807) is 16.2 Å². The number of fused-ring (bicyclic) bond motifs is 1. The zero-order valence-corrected chi connectivity index (χ0v) is 13.5. The molecule has 1 aliphatic heterocycles. The van der Waals surface area contributed by atoms with Gasteiger partial charge in [0, 0.05) is 28.9 Å². The Hall–Kier alpha value is -1.65. The quantitative estimate of drug-likeness (QED) is 0.924. The highest BCUT2D eigenvalue weighted by molar-refractivity contribution is 7.12. The Bertz CT molecular complexity index is 685. The van der Waals surface area contributed by atoms with E-state index in [0.29, 0.717) is 6.42 Å². The van der Waals surface area contributed by atoms with E-state index in [-0.39, 0.29) is 11.9 Å². The first kappa shape index (κ1) is 14.3. The van der Waals surface area contributed by atoms with Gasteiger partial charge < -0.3 is 10.6 Å². The zero-order chi connectivity index (χ0) is 15.1. The van der Waals surface area contributed by atoms with E-state index < -0.39 is 0 Å². The molecule has 21 heavy (non-hydrogen) atoms. The Morgan fingerprint density at radius 1 is 1.24 bits per heavy atom. The average Bonchev–Trinajstić information content (AvgIpc) is 2.81. The summed E-state index contributed by atoms with van der Waals surface area (Å²) in [7, 11) is 1.84. The van der Waals surface area contributed by atoms with Crippen LogP contribution in [0.15, 0.2) is 24.3 Å². The lowest BCUT2D eigenvalue weighted by Gasteiger charge is -2.26. The number of amides is 1. The molecule has 0 radical (unpaired) electrons. The van der Waals surface area contributed by atoms with Crippen LogP contribution in [-0.2, 0) is 11.2 Å². The van der Waals surface area contributed by atoms with Crippen LogP contribution in [0.3, 0.4) is 0 Å². The molecule has 1 amide bonds. The fourth-order valence-electron chi connectivity index (χ4n) is 2.79. The molecular formula is C17H20N2OS. The van der Waals surface area contributed by atoms with Crippen molar-refractivity contribution in [1.82, 2.24) is 0 Å². The summed E-state index contributed by atoms with van der Waals surface area (Å²) in [6, 6.07) is 8.32. The molecule has 0 aliphatic carbocycles. The van der Waals surface area contributed by atoms with Crippen LogP contribution in [0, 0.1) is 13.8 Å². The number of thiophene rings is 1. The molecule has 0 bridgehead atoms. The van der Waals surface area contributed by atoms with Crippen LogP contribution in [0.25, 0.3) is 0 Å². The van der Waals surface area contributed by atoms with Gasteiger partial charge in [-0.05, 0) is 49.1 Å². The van der Waals surface area contributed by atoms with Gasteiger partial charge in [0.2, 0.25) is 5.91 Å². The Kier molecular flexibility index (Phi) is 3.59. The van der Waals surface area contributed by atoms with Crippen LogP contribution >= 0.6 is 11.3 Å². The molecule has 0 spiro atoms. The number of aryl methyl sites for hydroxylation is 3. The fourth-order valence-corrected chi connectivity index (χ4v) is 3.86. The zero-order valence-electron chi connectivity index (χ0n) is 12.6. The number of benzene rings is 1. The highest BCUT2D eigenvalue weighted by Gasteiger charge is 2.22. The predicted molar refractivity (Wildman–Crippen MR) is 88.0 cm³/mol. The van der Waals surface area contributed by atoms with E-state index >= 15 is 0 Å². The standard InChI is InChI=1S/C17H20N2OS/c1-10-8-15(21-11(10)2)17(18)13-4-6-14-12(9-13)5-7-16(20)19(14)3/h4,6,8-9,17H,5,7,18H2,1-3H3. The second kappa shape index (κ2) is 5.28. The molecule has 2 N–H and O–H groups in total. The first-order valence-electron chi connectivity index (χ1n) is 7.19. The van der Waals surface area contributed by atoms with E-state index in [1.807, 2.05) is 19.2 Å². The molecule has 3 rings (SSSR count). The minimum atomic E-state index is -0.0874. The molecular weight excluding hydrogens is 280 g/mol. The molecule has 110 valence electrons. The van der Waals surface area contributed by atoms with Crippen molar-refractivity contribution in [2.75, 3.05) is 11.9 Å². The van der Waals surface area contributed by atoms with Crippen LogP contribution in [0.1, 0.15) is 38.9 Å². The number of carbonyl (C=O) groups is 1. The first-order valence-corrected chi connectivity index (χ1v) is 8.01. The van der Waals surface area contributed by atoms with Gasteiger partial charge in [0.25, 0.3) is 0 Å².